The summed E-state index contributed by atoms with van der Waals surface area (Å²) in [6.45, 7) is 0.434. The zero-order valence-corrected chi connectivity index (χ0v) is 17.6. The van der Waals surface area contributed by atoms with Crippen molar-refractivity contribution in [2.75, 3.05) is 6.54 Å². The van der Waals surface area contributed by atoms with Gasteiger partial charge in [0.2, 0.25) is 0 Å². The van der Waals surface area contributed by atoms with Crippen molar-refractivity contribution in [1.29, 1.82) is 0 Å². The molecule has 11 nitrogen and oxygen atoms in total. The number of rotatable bonds is 3. The number of H-pyrrole nitrogens is 1. The Hall–Kier alpha value is -3.99. The maximum absolute atomic E-state index is 13.5. The second-order valence-electron chi connectivity index (χ2n) is 7.47. The summed E-state index contributed by atoms with van der Waals surface area (Å²) in [4.78, 5) is 26.8. The van der Waals surface area contributed by atoms with Crippen LogP contribution in [0.2, 0.25) is 5.15 Å². The van der Waals surface area contributed by atoms with Gasteiger partial charge in [-0.3, -0.25) is 4.79 Å². The number of aromatic nitrogens is 8. The lowest BCUT2D eigenvalue weighted by Gasteiger charge is -2.32. The summed E-state index contributed by atoms with van der Waals surface area (Å²) in [5, 5.41) is 13.2. The largest absolute Gasteiger partial charge is 0.411 e. The molecule has 5 aromatic rings. The van der Waals surface area contributed by atoms with Gasteiger partial charge in [0.25, 0.3) is 5.89 Å². The van der Waals surface area contributed by atoms with E-state index in [1.165, 1.54) is 0 Å². The minimum atomic E-state index is -0.527. The Labute approximate surface area is 185 Å². The number of hydrogen-bond acceptors (Lipinski definition) is 7. The van der Waals surface area contributed by atoms with Crippen LogP contribution >= 0.6 is 11.6 Å². The number of carbonyl (C=O) groups is 1. The Morgan fingerprint density at radius 1 is 1.31 bits per heavy atom. The molecule has 1 atom stereocenters. The van der Waals surface area contributed by atoms with Crippen LogP contribution in [0, 0.1) is 0 Å². The highest BCUT2D eigenvalue weighted by Crippen LogP contribution is 2.34. The second-order valence-corrected chi connectivity index (χ2v) is 7.86. The topological polar surface area (TPSA) is 123 Å². The van der Waals surface area contributed by atoms with Gasteiger partial charge in [0.05, 0.1) is 35.8 Å². The van der Waals surface area contributed by atoms with E-state index in [1.807, 2.05) is 25.2 Å². The highest BCUT2D eigenvalue weighted by Gasteiger charge is 2.38. The van der Waals surface area contributed by atoms with Crippen LogP contribution in [0.4, 0.5) is 0 Å². The molecule has 6 rings (SSSR count). The van der Waals surface area contributed by atoms with E-state index in [0.717, 1.165) is 16.9 Å². The number of aryl methyl sites for hydroxylation is 1. The minimum absolute atomic E-state index is 0.105. The van der Waals surface area contributed by atoms with Crippen LogP contribution in [0.15, 0.2) is 47.5 Å². The fraction of sp³-hybridized carbons (Fsp3) is 0.200. The molecule has 6 heterocycles. The summed E-state index contributed by atoms with van der Waals surface area (Å²) in [7, 11) is 1.81. The Morgan fingerprint density at radius 2 is 2.22 bits per heavy atom. The normalized spacial score (nSPS) is 15.9. The van der Waals surface area contributed by atoms with Gasteiger partial charge in [0.15, 0.2) is 0 Å². The minimum Gasteiger partial charge on any atom is -0.411 e. The highest BCUT2D eigenvalue weighted by atomic mass is 35.5. The first kappa shape index (κ1) is 18.8. The van der Waals surface area contributed by atoms with Gasteiger partial charge in [-0.25, -0.2) is 14.5 Å². The van der Waals surface area contributed by atoms with Crippen LogP contribution < -0.4 is 0 Å². The molecule has 0 spiro atoms. The van der Waals surface area contributed by atoms with Crippen LogP contribution in [-0.2, 0) is 13.5 Å². The molecule has 0 radical (unpaired) electrons. The maximum Gasteiger partial charge on any atom is 0.312 e. The number of pyridine rings is 1. The standard InChI is InChI=1S/C20H16ClN9O2/c1-28-10-22-8-14(28)18-25-26-19(32-18)20(31)29-6-5-12-16(24-9-23-12)17(29)13-7-11-3-2-4-15(21)30(11)27-13/h2-4,7-10,17H,5-6H2,1H3,(H,23,24). The SMILES string of the molecule is Cn1cncc1-c1nnc(C(=O)N2CCc3[nH]cnc3C2c2cc3cccc(Cl)n3n2)o1. The third-order valence-electron chi connectivity index (χ3n) is 5.57. The van der Waals surface area contributed by atoms with E-state index in [0.29, 0.717) is 29.5 Å². The van der Waals surface area contributed by atoms with Gasteiger partial charge in [0, 0.05) is 25.7 Å². The lowest BCUT2D eigenvalue weighted by atomic mass is 9.99. The number of nitrogens with one attached hydrogen (secondary N) is 1. The third-order valence-corrected chi connectivity index (χ3v) is 5.85. The van der Waals surface area contributed by atoms with E-state index in [9.17, 15) is 4.79 Å². The third kappa shape index (κ3) is 2.82. The summed E-state index contributed by atoms with van der Waals surface area (Å²) < 4.78 is 9.08. The fourth-order valence-corrected chi connectivity index (χ4v) is 4.24. The van der Waals surface area contributed by atoms with Crippen LogP contribution in [0.5, 0.6) is 0 Å². The number of nitrogens with zero attached hydrogens (tertiary/aromatic N) is 8. The van der Waals surface area contributed by atoms with E-state index in [1.54, 1.807) is 38.9 Å². The fourth-order valence-electron chi connectivity index (χ4n) is 4.03. The quantitative estimate of drug-likeness (QED) is 0.419. The molecule has 1 N–H and O–H groups in total. The van der Waals surface area contributed by atoms with Gasteiger partial charge in [0.1, 0.15) is 16.9 Å². The lowest BCUT2D eigenvalue weighted by molar-refractivity contribution is 0.0646. The van der Waals surface area contributed by atoms with Crippen LogP contribution in [0.3, 0.4) is 0 Å². The molecule has 0 bridgehead atoms. The lowest BCUT2D eigenvalue weighted by Crippen LogP contribution is -2.41. The van der Waals surface area contributed by atoms with Gasteiger partial charge in [-0.2, -0.15) is 5.10 Å². The molecule has 0 saturated carbocycles. The summed E-state index contributed by atoms with van der Waals surface area (Å²) >= 11 is 6.31. The summed E-state index contributed by atoms with van der Waals surface area (Å²) in [5.41, 5.74) is 3.78. The van der Waals surface area contributed by atoms with Gasteiger partial charge in [-0.05, 0) is 18.2 Å². The van der Waals surface area contributed by atoms with Crippen LogP contribution in [0.25, 0.3) is 17.1 Å². The summed E-state index contributed by atoms with van der Waals surface area (Å²) in [6.07, 6.45) is 5.47. The van der Waals surface area contributed by atoms with Crippen molar-refractivity contribution in [1.82, 2.24) is 44.2 Å². The molecule has 1 unspecified atom stereocenters. The van der Waals surface area contributed by atoms with Crippen molar-refractivity contribution in [2.24, 2.45) is 7.05 Å². The van der Waals surface area contributed by atoms with E-state index in [2.05, 4.69) is 30.2 Å². The van der Waals surface area contributed by atoms with Gasteiger partial charge in [-0.1, -0.05) is 17.7 Å². The number of hydrogen-bond donors (Lipinski definition) is 1. The highest BCUT2D eigenvalue weighted by molar-refractivity contribution is 6.29. The monoisotopic (exact) mass is 449 g/mol. The van der Waals surface area contributed by atoms with Crippen molar-refractivity contribution in [3.63, 3.8) is 0 Å². The summed E-state index contributed by atoms with van der Waals surface area (Å²) in [5.74, 6) is -0.276. The van der Waals surface area contributed by atoms with Crippen molar-refractivity contribution >= 4 is 23.0 Å². The molecule has 5 aromatic heterocycles. The number of aromatic amines is 1. The smallest absolute Gasteiger partial charge is 0.312 e. The van der Waals surface area contributed by atoms with E-state index in [4.69, 9.17) is 16.0 Å². The molecular weight excluding hydrogens is 434 g/mol. The van der Waals surface area contributed by atoms with E-state index in [-0.39, 0.29) is 11.8 Å². The Balaban J connectivity index is 1.42. The van der Waals surface area contributed by atoms with Crippen molar-refractivity contribution in [2.45, 2.75) is 12.5 Å². The average molecular weight is 450 g/mol. The predicted molar refractivity (Wildman–Crippen MR) is 112 cm³/mol. The molecular formula is C20H16ClN9O2. The van der Waals surface area contributed by atoms with Gasteiger partial charge >= 0.3 is 11.8 Å². The molecule has 12 heteroatoms. The molecule has 160 valence electrons. The summed E-state index contributed by atoms with van der Waals surface area (Å²) in [6, 6.07) is 6.88. The molecule has 0 fully saturated rings. The zero-order chi connectivity index (χ0) is 21.8. The first-order valence-corrected chi connectivity index (χ1v) is 10.3. The van der Waals surface area contributed by atoms with Crippen LogP contribution in [0.1, 0.15) is 33.8 Å². The second kappa shape index (κ2) is 7.02. The molecule has 1 aliphatic rings. The van der Waals surface area contributed by atoms with Gasteiger partial charge in [-0.15, -0.1) is 10.2 Å². The van der Waals surface area contributed by atoms with Crippen molar-refractivity contribution in [3.05, 3.63) is 71.2 Å². The van der Waals surface area contributed by atoms with Crippen molar-refractivity contribution in [3.8, 4) is 11.6 Å². The molecule has 0 aromatic carbocycles. The van der Waals surface area contributed by atoms with E-state index < -0.39 is 11.9 Å². The maximum atomic E-state index is 13.5. The number of imidazole rings is 2. The predicted octanol–water partition coefficient (Wildman–Crippen LogP) is 2.28. The first-order chi connectivity index (χ1) is 15.6. The Morgan fingerprint density at radius 3 is 3.03 bits per heavy atom. The van der Waals surface area contributed by atoms with Gasteiger partial charge < -0.3 is 18.9 Å². The number of halogens is 1. The number of carbonyl (C=O) groups excluding carboxylic acids is 1. The molecule has 32 heavy (non-hydrogen) atoms. The molecule has 0 saturated heterocycles. The molecule has 0 aliphatic carbocycles. The van der Waals surface area contributed by atoms with Crippen molar-refractivity contribution < 1.29 is 9.21 Å². The number of fused-ring (bicyclic) bond motifs is 2. The number of amides is 1. The molecule has 1 aliphatic heterocycles. The molecule has 1 amide bonds. The zero-order valence-electron chi connectivity index (χ0n) is 16.8. The van der Waals surface area contributed by atoms with Crippen LogP contribution in [-0.4, -0.2) is 56.7 Å². The average Bonchev–Trinajstić information content (AvgIpc) is 3.57. The first-order valence-electron chi connectivity index (χ1n) is 9.87. The Kier molecular flexibility index (Phi) is 4.12. The van der Waals surface area contributed by atoms with E-state index >= 15 is 0 Å². The Bertz CT molecular complexity index is 1460.